The smallest absolute Gasteiger partial charge is 0.409 e. The van der Waals surface area contributed by atoms with E-state index in [9.17, 15) is 19.2 Å². The highest BCUT2D eigenvalue weighted by Crippen LogP contribution is 2.10. The standard InChI is InChI=1S/C20H37N5O6/c1-13(2)14(26)22-10-9-11-24-20(15(21)27,25-17(29)31-19(6,7)8)12-23-16(28)30-18(3,4)5/h24H,1,9-12H2,2-8H3,(H2,21,27)(H,22,26)(H,23,28)(H,25,29). The minimum atomic E-state index is -1.85. The number of rotatable bonds is 10. The van der Waals surface area contributed by atoms with Gasteiger partial charge in [0.15, 0.2) is 5.66 Å². The van der Waals surface area contributed by atoms with Gasteiger partial charge in [0.1, 0.15) is 11.2 Å². The summed E-state index contributed by atoms with van der Waals surface area (Å²) < 4.78 is 10.4. The Balaban J connectivity index is 5.26. The molecule has 6 N–H and O–H groups in total. The fourth-order valence-corrected chi connectivity index (χ4v) is 2.13. The average molecular weight is 444 g/mol. The minimum absolute atomic E-state index is 0.172. The Kier molecular flexibility index (Phi) is 10.5. The molecule has 0 aliphatic carbocycles. The van der Waals surface area contributed by atoms with Crippen LogP contribution >= 0.6 is 0 Å². The number of hydrogen-bond acceptors (Lipinski definition) is 7. The summed E-state index contributed by atoms with van der Waals surface area (Å²) in [6, 6.07) is 0. The molecule has 0 radical (unpaired) electrons. The van der Waals surface area contributed by atoms with Gasteiger partial charge in [-0.3, -0.25) is 20.2 Å². The minimum Gasteiger partial charge on any atom is -0.444 e. The van der Waals surface area contributed by atoms with Crippen molar-refractivity contribution >= 4 is 24.0 Å². The molecule has 0 aliphatic rings. The van der Waals surface area contributed by atoms with E-state index in [0.717, 1.165) is 0 Å². The van der Waals surface area contributed by atoms with Crippen molar-refractivity contribution in [1.29, 1.82) is 0 Å². The van der Waals surface area contributed by atoms with E-state index in [0.29, 0.717) is 18.5 Å². The van der Waals surface area contributed by atoms with Gasteiger partial charge in [0, 0.05) is 12.1 Å². The molecule has 0 saturated heterocycles. The van der Waals surface area contributed by atoms with Crippen LogP contribution in [-0.2, 0) is 19.1 Å². The molecular weight excluding hydrogens is 406 g/mol. The summed E-state index contributed by atoms with van der Waals surface area (Å²) in [5.41, 5.74) is 2.50. The number of nitrogens with one attached hydrogen (secondary N) is 4. The van der Waals surface area contributed by atoms with E-state index in [1.165, 1.54) is 0 Å². The van der Waals surface area contributed by atoms with E-state index in [1.807, 2.05) is 0 Å². The maximum atomic E-state index is 12.3. The van der Waals surface area contributed by atoms with Gasteiger partial charge in [0.05, 0.1) is 6.54 Å². The lowest BCUT2D eigenvalue weighted by molar-refractivity contribution is -0.125. The molecule has 1 atom stereocenters. The number of hydrogen-bond donors (Lipinski definition) is 5. The van der Waals surface area contributed by atoms with Crippen molar-refractivity contribution in [1.82, 2.24) is 21.3 Å². The van der Waals surface area contributed by atoms with Crippen molar-refractivity contribution in [3.8, 4) is 0 Å². The van der Waals surface area contributed by atoms with Crippen LogP contribution in [0.1, 0.15) is 54.9 Å². The molecule has 0 bridgehead atoms. The lowest BCUT2D eigenvalue weighted by Crippen LogP contribution is -2.71. The third-order valence-corrected chi connectivity index (χ3v) is 3.49. The summed E-state index contributed by atoms with van der Waals surface area (Å²) in [5.74, 6) is -1.24. The molecule has 0 rings (SSSR count). The first-order chi connectivity index (χ1) is 14.0. The zero-order valence-corrected chi connectivity index (χ0v) is 19.6. The molecule has 11 nitrogen and oxygen atoms in total. The van der Waals surface area contributed by atoms with Crippen LogP contribution in [0.2, 0.25) is 0 Å². The third kappa shape index (κ3) is 12.5. The van der Waals surface area contributed by atoms with Crippen molar-refractivity contribution in [2.45, 2.75) is 71.8 Å². The predicted octanol–water partition coefficient (Wildman–Crippen LogP) is 0.889. The number of carbonyl (C=O) groups excluding carboxylic acids is 4. The summed E-state index contributed by atoms with van der Waals surface area (Å²) in [4.78, 5) is 48.2. The Hall–Kier alpha value is -2.82. The second-order valence-electron chi connectivity index (χ2n) is 9.07. The maximum absolute atomic E-state index is 12.3. The van der Waals surface area contributed by atoms with Crippen LogP contribution < -0.4 is 27.0 Å². The topological polar surface area (TPSA) is 161 Å². The van der Waals surface area contributed by atoms with Crippen molar-refractivity contribution in [3.05, 3.63) is 12.2 Å². The highest BCUT2D eigenvalue weighted by atomic mass is 16.6. The average Bonchev–Trinajstić information content (AvgIpc) is 2.55. The Labute approximate surface area is 183 Å². The molecule has 0 aliphatic heterocycles. The Bertz CT molecular complexity index is 681. The molecular formula is C20H37N5O6. The molecule has 0 aromatic rings. The van der Waals surface area contributed by atoms with Gasteiger partial charge in [-0.25, -0.2) is 9.59 Å². The molecule has 31 heavy (non-hydrogen) atoms. The fraction of sp³-hybridized carbons (Fsp3) is 0.700. The zero-order chi connectivity index (χ0) is 24.5. The van der Waals surface area contributed by atoms with E-state index in [4.69, 9.17) is 15.2 Å². The highest BCUT2D eigenvalue weighted by molar-refractivity contribution is 5.92. The zero-order valence-electron chi connectivity index (χ0n) is 19.6. The van der Waals surface area contributed by atoms with Gasteiger partial charge in [-0.1, -0.05) is 6.58 Å². The van der Waals surface area contributed by atoms with Gasteiger partial charge >= 0.3 is 12.2 Å². The van der Waals surface area contributed by atoms with Gasteiger partial charge in [-0.2, -0.15) is 0 Å². The van der Waals surface area contributed by atoms with Crippen LogP contribution in [0.25, 0.3) is 0 Å². The number of alkyl carbamates (subject to hydrolysis) is 2. The van der Waals surface area contributed by atoms with Crippen molar-refractivity contribution in [2.75, 3.05) is 19.6 Å². The largest absolute Gasteiger partial charge is 0.444 e. The van der Waals surface area contributed by atoms with Gasteiger partial charge in [0.25, 0.3) is 5.91 Å². The number of carbonyl (C=O) groups is 4. The highest BCUT2D eigenvalue weighted by Gasteiger charge is 2.40. The normalized spacial score (nSPS) is 13.4. The number of amides is 4. The third-order valence-electron chi connectivity index (χ3n) is 3.49. The van der Waals surface area contributed by atoms with Crippen molar-refractivity contribution in [3.63, 3.8) is 0 Å². The number of primary amides is 1. The van der Waals surface area contributed by atoms with Crippen LogP contribution in [-0.4, -0.2) is 60.5 Å². The molecule has 0 aromatic heterocycles. The Morgan fingerprint density at radius 1 is 0.871 bits per heavy atom. The lowest BCUT2D eigenvalue weighted by atomic mass is 10.1. The summed E-state index contributed by atoms with van der Waals surface area (Å²) in [5, 5.41) is 10.3. The summed E-state index contributed by atoms with van der Waals surface area (Å²) in [6.07, 6.45) is -1.30. The van der Waals surface area contributed by atoms with Crippen LogP contribution in [0.15, 0.2) is 12.2 Å². The first-order valence-electron chi connectivity index (χ1n) is 9.94. The summed E-state index contributed by atoms with van der Waals surface area (Å²) in [7, 11) is 0. The quantitative estimate of drug-likeness (QED) is 0.190. The van der Waals surface area contributed by atoms with Gasteiger partial charge < -0.3 is 25.8 Å². The summed E-state index contributed by atoms with van der Waals surface area (Å²) >= 11 is 0. The predicted molar refractivity (Wildman–Crippen MR) is 116 cm³/mol. The molecule has 0 saturated carbocycles. The lowest BCUT2D eigenvalue weighted by Gasteiger charge is -2.34. The second-order valence-corrected chi connectivity index (χ2v) is 9.07. The van der Waals surface area contributed by atoms with Gasteiger partial charge in [-0.15, -0.1) is 0 Å². The van der Waals surface area contributed by atoms with Gasteiger partial charge in [-0.05, 0) is 61.4 Å². The summed E-state index contributed by atoms with van der Waals surface area (Å²) in [6.45, 7) is 15.2. The SMILES string of the molecule is C=C(C)C(=O)NCCCNC(CNC(=O)OC(C)(C)C)(NC(=O)OC(C)(C)C)C(N)=O. The monoisotopic (exact) mass is 443 g/mol. The number of ether oxygens (including phenoxy) is 2. The molecule has 0 aromatic carbocycles. The first-order valence-corrected chi connectivity index (χ1v) is 9.94. The van der Waals surface area contributed by atoms with Crippen molar-refractivity contribution in [2.24, 2.45) is 5.73 Å². The Morgan fingerprint density at radius 3 is 1.84 bits per heavy atom. The van der Waals surface area contributed by atoms with Crippen LogP contribution in [0, 0.1) is 0 Å². The molecule has 178 valence electrons. The van der Waals surface area contributed by atoms with Crippen LogP contribution in [0.4, 0.5) is 9.59 Å². The van der Waals surface area contributed by atoms with E-state index in [2.05, 4.69) is 27.8 Å². The fourth-order valence-electron chi connectivity index (χ4n) is 2.13. The van der Waals surface area contributed by atoms with E-state index in [1.54, 1.807) is 48.5 Å². The maximum Gasteiger partial charge on any atom is 0.409 e. The molecule has 0 spiro atoms. The van der Waals surface area contributed by atoms with E-state index < -0.39 is 41.5 Å². The van der Waals surface area contributed by atoms with Crippen LogP contribution in [0.5, 0.6) is 0 Å². The van der Waals surface area contributed by atoms with E-state index >= 15 is 0 Å². The molecule has 11 heteroatoms. The van der Waals surface area contributed by atoms with Crippen molar-refractivity contribution < 1.29 is 28.7 Å². The van der Waals surface area contributed by atoms with E-state index in [-0.39, 0.29) is 12.5 Å². The van der Waals surface area contributed by atoms with Crippen LogP contribution in [0.3, 0.4) is 0 Å². The molecule has 0 fully saturated rings. The number of nitrogens with two attached hydrogens (primary N) is 1. The Morgan fingerprint density at radius 2 is 1.39 bits per heavy atom. The molecule has 1 unspecified atom stereocenters. The second kappa shape index (κ2) is 11.5. The first kappa shape index (κ1) is 28.2. The molecule has 0 heterocycles. The van der Waals surface area contributed by atoms with Gasteiger partial charge in [0.2, 0.25) is 5.91 Å². The molecule has 4 amide bonds.